The van der Waals surface area contributed by atoms with Crippen LogP contribution in [0.15, 0.2) is 28.0 Å². The number of rotatable bonds is 7. The quantitative estimate of drug-likeness (QED) is 0.369. The maximum Gasteiger partial charge on any atom is 0.267 e. The van der Waals surface area contributed by atoms with Gasteiger partial charge >= 0.3 is 0 Å². The van der Waals surface area contributed by atoms with Crippen molar-refractivity contribution in [3.05, 3.63) is 44.7 Å². The number of fused-ring (bicyclic) bond motifs is 1. The summed E-state index contributed by atoms with van der Waals surface area (Å²) in [6, 6.07) is 3.67. The maximum absolute atomic E-state index is 13.3. The zero-order valence-electron chi connectivity index (χ0n) is 17.2. The van der Waals surface area contributed by atoms with Crippen LogP contribution in [0.25, 0.3) is 11.7 Å². The third kappa shape index (κ3) is 4.52. The van der Waals surface area contributed by atoms with E-state index in [4.69, 9.17) is 22.1 Å². The van der Waals surface area contributed by atoms with Gasteiger partial charge in [-0.05, 0) is 43.9 Å². The Balaban J connectivity index is 1.72. The molecule has 2 aliphatic rings. The first-order valence-corrected chi connectivity index (χ1v) is 11.5. The van der Waals surface area contributed by atoms with Gasteiger partial charge in [-0.1, -0.05) is 30.0 Å². The molecule has 0 spiro atoms. The van der Waals surface area contributed by atoms with E-state index >= 15 is 0 Å². The summed E-state index contributed by atoms with van der Waals surface area (Å²) in [4.78, 5) is 32.9. The minimum absolute atomic E-state index is 0.00602. The number of aryl methyl sites for hydroxylation is 1. The molecule has 2 saturated heterocycles. The molecule has 1 amide bonds. The number of aliphatic hydroxyl groups excluding tert-OH is 1. The van der Waals surface area contributed by atoms with Gasteiger partial charge in [0.2, 0.25) is 0 Å². The predicted octanol–water partition coefficient (Wildman–Crippen LogP) is 2.18. The minimum Gasteiger partial charge on any atom is -0.396 e. The SMILES string of the molecule is Cc1cccn2c(=O)c(/C=C3\SC(=S)N(CC4CCCO4)C3=O)c(NCCCO)nc12. The monoisotopic (exact) mass is 460 g/mol. The number of carbonyl (C=O) groups excluding carboxylic acids is 1. The Morgan fingerprint density at radius 3 is 3.03 bits per heavy atom. The molecule has 1 atom stereocenters. The molecule has 2 N–H and O–H groups in total. The molecule has 0 radical (unpaired) electrons. The second-order valence-corrected chi connectivity index (χ2v) is 9.17. The lowest BCUT2D eigenvalue weighted by atomic mass is 10.2. The van der Waals surface area contributed by atoms with Gasteiger partial charge in [0.15, 0.2) is 0 Å². The summed E-state index contributed by atoms with van der Waals surface area (Å²) in [5.41, 5.74) is 1.42. The molecule has 8 nitrogen and oxygen atoms in total. The molecule has 164 valence electrons. The highest BCUT2D eigenvalue weighted by Crippen LogP contribution is 2.34. The van der Waals surface area contributed by atoms with Gasteiger partial charge < -0.3 is 15.2 Å². The maximum atomic E-state index is 13.3. The van der Waals surface area contributed by atoms with Crippen LogP contribution in [0.4, 0.5) is 5.82 Å². The van der Waals surface area contributed by atoms with E-state index in [9.17, 15) is 9.59 Å². The molecule has 2 aliphatic heterocycles. The third-order valence-electron chi connectivity index (χ3n) is 5.27. The molecule has 2 aromatic rings. The van der Waals surface area contributed by atoms with Gasteiger partial charge in [-0.25, -0.2) is 4.98 Å². The highest BCUT2D eigenvalue weighted by atomic mass is 32.2. The Bertz CT molecular complexity index is 1110. The lowest BCUT2D eigenvalue weighted by Crippen LogP contribution is -2.35. The average Bonchev–Trinajstić information content (AvgIpc) is 3.35. The Labute approximate surface area is 189 Å². The summed E-state index contributed by atoms with van der Waals surface area (Å²) < 4.78 is 7.58. The van der Waals surface area contributed by atoms with Crippen LogP contribution >= 0.6 is 24.0 Å². The highest BCUT2D eigenvalue weighted by molar-refractivity contribution is 8.26. The smallest absolute Gasteiger partial charge is 0.267 e. The number of anilines is 1. The number of thioether (sulfide) groups is 1. The van der Waals surface area contributed by atoms with Crippen LogP contribution in [0.3, 0.4) is 0 Å². The number of aromatic nitrogens is 2. The van der Waals surface area contributed by atoms with E-state index in [-0.39, 0.29) is 24.2 Å². The summed E-state index contributed by atoms with van der Waals surface area (Å²) in [7, 11) is 0. The zero-order chi connectivity index (χ0) is 22.0. The number of hydrogen-bond donors (Lipinski definition) is 2. The second kappa shape index (κ2) is 9.47. The minimum atomic E-state index is -0.274. The molecule has 0 saturated carbocycles. The number of nitrogens with zero attached hydrogens (tertiary/aromatic N) is 3. The van der Waals surface area contributed by atoms with E-state index in [0.717, 1.165) is 18.4 Å². The Morgan fingerprint density at radius 1 is 1.45 bits per heavy atom. The van der Waals surface area contributed by atoms with Gasteiger partial charge in [-0.3, -0.25) is 18.9 Å². The molecule has 0 bridgehead atoms. The van der Waals surface area contributed by atoms with Crippen LogP contribution in [-0.2, 0) is 9.53 Å². The first-order valence-electron chi connectivity index (χ1n) is 10.2. The van der Waals surface area contributed by atoms with E-state index < -0.39 is 0 Å². The standard InChI is InChI=1S/C21H24N4O4S2/c1-13-5-2-8-24-18(13)23-17(22-7-4-9-26)15(19(24)27)11-16-20(28)25(21(30)31-16)12-14-6-3-10-29-14/h2,5,8,11,14,22,26H,3-4,6-7,9-10,12H2,1H3/b16-11-. The lowest BCUT2D eigenvalue weighted by molar-refractivity contribution is -0.123. The van der Waals surface area contributed by atoms with Crippen LogP contribution in [0.2, 0.25) is 0 Å². The largest absolute Gasteiger partial charge is 0.396 e. The third-order valence-corrected chi connectivity index (χ3v) is 6.65. The fraction of sp³-hybridized carbons (Fsp3) is 0.429. The fourth-order valence-electron chi connectivity index (χ4n) is 3.64. The van der Waals surface area contributed by atoms with Crippen molar-refractivity contribution in [3.8, 4) is 0 Å². The summed E-state index contributed by atoms with van der Waals surface area (Å²) in [6.07, 6.45) is 5.63. The van der Waals surface area contributed by atoms with Gasteiger partial charge in [0.1, 0.15) is 15.8 Å². The number of aliphatic hydroxyl groups is 1. The first kappa shape index (κ1) is 21.9. The topological polar surface area (TPSA) is 96.2 Å². The zero-order valence-corrected chi connectivity index (χ0v) is 18.8. The average molecular weight is 461 g/mol. The molecule has 0 aliphatic carbocycles. The number of carbonyl (C=O) groups is 1. The van der Waals surface area contributed by atoms with E-state index in [1.807, 2.05) is 13.0 Å². The van der Waals surface area contributed by atoms with Gasteiger partial charge in [-0.15, -0.1) is 0 Å². The van der Waals surface area contributed by atoms with Crippen molar-refractivity contribution in [2.45, 2.75) is 32.3 Å². The number of thiocarbonyl (C=S) groups is 1. The summed E-state index contributed by atoms with van der Waals surface area (Å²) >= 11 is 6.60. The highest BCUT2D eigenvalue weighted by Gasteiger charge is 2.35. The summed E-state index contributed by atoms with van der Waals surface area (Å²) in [5, 5.41) is 12.2. The van der Waals surface area contributed by atoms with E-state index in [0.29, 0.717) is 52.4 Å². The molecule has 4 rings (SSSR count). The van der Waals surface area contributed by atoms with Gasteiger partial charge in [0.05, 0.1) is 23.1 Å². The number of ether oxygens (including phenoxy) is 1. The molecule has 0 aromatic carbocycles. The summed E-state index contributed by atoms with van der Waals surface area (Å²) in [5.74, 6) is 0.165. The second-order valence-electron chi connectivity index (χ2n) is 7.50. The van der Waals surface area contributed by atoms with Crippen molar-refractivity contribution in [2.75, 3.05) is 31.6 Å². The number of nitrogens with one attached hydrogen (secondary N) is 1. The van der Waals surface area contributed by atoms with E-state index in [1.54, 1.807) is 23.2 Å². The molecule has 2 aromatic heterocycles. The molecular formula is C21H24N4O4S2. The first-order chi connectivity index (χ1) is 15.0. The van der Waals surface area contributed by atoms with Gasteiger partial charge in [0.25, 0.3) is 11.5 Å². The molecule has 31 heavy (non-hydrogen) atoms. The van der Waals surface area contributed by atoms with Crippen LogP contribution in [0, 0.1) is 6.92 Å². The Hall–Kier alpha value is -2.27. The lowest BCUT2D eigenvalue weighted by Gasteiger charge is -2.18. The number of amides is 1. The van der Waals surface area contributed by atoms with Crippen molar-refractivity contribution in [3.63, 3.8) is 0 Å². The fourth-order valence-corrected chi connectivity index (χ4v) is 4.90. The summed E-state index contributed by atoms with van der Waals surface area (Å²) in [6.45, 7) is 3.49. The van der Waals surface area contributed by atoms with Crippen molar-refractivity contribution < 1.29 is 14.6 Å². The van der Waals surface area contributed by atoms with E-state index in [1.165, 1.54) is 16.2 Å². The van der Waals surface area contributed by atoms with Crippen molar-refractivity contribution in [1.29, 1.82) is 0 Å². The van der Waals surface area contributed by atoms with Crippen LogP contribution < -0.4 is 10.9 Å². The van der Waals surface area contributed by atoms with E-state index in [2.05, 4.69) is 10.3 Å². The predicted molar refractivity (Wildman–Crippen MR) is 125 cm³/mol. The van der Waals surface area contributed by atoms with Crippen molar-refractivity contribution in [1.82, 2.24) is 14.3 Å². The van der Waals surface area contributed by atoms with Gasteiger partial charge in [0, 0.05) is 26.0 Å². The van der Waals surface area contributed by atoms with Crippen molar-refractivity contribution >= 4 is 51.7 Å². The van der Waals surface area contributed by atoms with Crippen molar-refractivity contribution in [2.24, 2.45) is 0 Å². The molecule has 2 fully saturated rings. The number of hydrogen-bond acceptors (Lipinski definition) is 8. The molecule has 10 heteroatoms. The normalized spacial score (nSPS) is 20.4. The molecule has 4 heterocycles. The Kier molecular flexibility index (Phi) is 6.71. The van der Waals surface area contributed by atoms with Crippen LogP contribution in [-0.4, -0.2) is 62.0 Å². The van der Waals surface area contributed by atoms with Crippen LogP contribution in [0.5, 0.6) is 0 Å². The molecular weight excluding hydrogens is 436 g/mol. The molecule has 1 unspecified atom stereocenters. The number of pyridine rings is 1. The van der Waals surface area contributed by atoms with Crippen LogP contribution in [0.1, 0.15) is 30.4 Å². The van der Waals surface area contributed by atoms with Gasteiger partial charge in [-0.2, -0.15) is 0 Å². The Morgan fingerprint density at radius 2 is 2.29 bits per heavy atom.